The van der Waals surface area contributed by atoms with Crippen LogP contribution in [0.1, 0.15) is 59.9 Å². The van der Waals surface area contributed by atoms with Gasteiger partial charge in [0.2, 0.25) is 5.91 Å². The highest BCUT2D eigenvalue weighted by atomic mass is 16.4. The largest absolute Gasteiger partial charge is 0.481 e. The number of carbonyl (C=O) groups is 2. The SMILES string of the molecule is Cc1ccc(-c2c(C)c3c(c(C)c2CC(=O)O)NC(=O)C2(CCCCC2)C3)cc1. The van der Waals surface area contributed by atoms with Crippen molar-refractivity contribution in [1.82, 2.24) is 0 Å². The van der Waals surface area contributed by atoms with Gasteiger partial charge in [0.25, 0.3) is 0 Å². The molecule has 4 heteroatoms. The van der Waals surface area contributed by atoms with Gasteiger partial charge in [0, 0.05) is 5.69 Å². The lowest BCUT2D eigenvalue weighted by Crippen LogP contribution is -2.44. The van der Waals surface area contributed by atoms with Gasteiger partial charge in [-0.2, -0.15) is 0 Å². The molecule has 2 aliphatic rings. The maximum absolute atomic E-state index is 13.1. The highest BCUT2D eigenvalue weighted by molar-refractivity contribution is 6.01. The van der Waals surface area contributed by atoms with Crippen molar-refractivity contribution in [2.45, 2.75) is 65.7 Å². The molecule has 0 saturated heterocycles. The van der Waals surface area contributed by atoms with Crippen LogP contribution in [0.2, 0.25) is 0 Å². The fraction of sp³-hybridized carbons (Fsp3) is 0.440. The summed E-state index contributed by atoms with van der Waals surface area (Å²) in [4.78, 5) is 24.8. The minimum absolute atomic E-state index is 0.0514. The minimum atomic E-state index is -0.855. The molecule has 1 saturated carbocycles. The summed E-state index contributed by atoms with van der Waals surface area (Å²) in [7, 11) is 0. The Morgan fingerprint density at radius 3 is 2.31 bits per heavy atom. The Labute approximate surface area is 172 Å². The number of rotatable bonds is 3. The zero-order chi connectivity index (χ0) is 20.8. The summed E-state index contributed by atoms with van der Waals surface area (Å²) < 4.78 is 0. The van der Waals surface area contributed by atoms with Gasteiger partial charge >= 0.3 is 5.97 Å². The van der Waals surface area contributed by atoms with Gasteiger partial charge in [-0.1, -0.05) is 49.1 Å². The number of benzene rings is 2. The van der Waals surface area contributed by atoms with Crippen LogP contribution in [0.25, 0.3) is 11.1 Å². The van der Waals surface area contributed by atoms with Gasteiger partial charge in [-0.3, -0.25) is 9.59 Å². The van der Waals surface area contributed by atoms with E-state index in [2.05, 4.69) is 43.4 Å². The molecule has 0 bridgehead atoms. The van der Waals surface area contributed by atoms with Crippen LogP contribution >= 0.6 is 0 Å². The lowest BCUT2D eigenvalue weighted by molar-refractivity contribution is -0.136. The first kappa shape index (κ1) is 19.7. The number of carbonyl (C=O) groups excluding carboxylic acids is 1. The average Bonchev–Trinajstić information content (AvgIpc) is 2.69. The van der Waals surface area contributed by atoms with Crippen molar-refractivity contribution in [1.29, 1.82) is 0 Å². The number of nitrogens with one attached hydrogen (secondary N) is 1. The molecule has 0 atom stereocenters. The highest BCUT2D eigenvalue weighted by Crippen LogP contribution is 2.48. The standard InChI is InChI=1S/C25H29NO3/c1-15-7-9-18(10-8-15)22-16(2)20-14-25(11-5-4-6-12-25)24(29)26-23(20)17(3)19(22)13-21(27)28/h7-10H,4-6,11-14H2,1-3H3,(H,26,29)(H,27,28). The third-order valence-electron chi connectivity index (χ3n) is 6.97. The van der Waals surface area contributed by atoms with Crippen molar-refractivity contribution in [3.8, 4) is 11.1 Å². The van der Waals surface area contributed by atoms with Crippen LogP contribution in [0, 0.1) is 26.2 Å². The second-order valence-electron chi connectivity index (χ2n) is 8.87. The van der Waals surface area contributed by atoms with E-state index < -0.39 is 5.97 Å². The summed E-state index contributed by atoms with van der Waals surface area (Å²) in [5.74, 6) is -0.733. The fourth-order valence-electron chi connectivity index (χ4n) is 5.30. The summed E-state index contributed by atoms with van der Waals surface area (Å²) in [6, 6.07) is 8.29. The van der Waals surface area contributed by atoms with Crippen LogP contribution < -0.4 is 5.32 Å². The Kier molecular flexibility index (Phi) is 4.97. The van der Waals surface area contributed by atoms with E-state index in [-0.39, 0.29) is 17.7 Å². The molecular formula is C25H29NO3. The van der Waals surface area contributed by atoms with Crippen molar-refractivity contribution < 1.29 is 14.7 Å². The Bertz CT molecular complexity index is 982. The number of aliphatic carboxylic acids is 1. The predicted molar refractivity (Wildman–Crippen MR) is 115 cm³/mol. The summed E-state index contributed by atoms with van der Waals surface area (Å²) >= 11 is 0. The predicted octanol–water partition coefficient (Wildman–Crippen LogP) is 5.35. The summed E-state index contributed by atoms with van der Waals surface area (Å²) in [6.45, 7) is 6.09. The number of anilines is 1. The average molecular weight is 392 g/mol. The van der Waals surface area contributed by atoms with Crippen LogP contribution in [0.5, 0.6) is 0 Å². The Hall–Kier alpha value is -2.62. The molecule has 1 aliphatic carbocycles. The van der Waals surface area contributed by atoms with Gasteiger partial charge < -0.3 is 10.4 Å². The molecule has 0 unspecified atom stereocenters. The smallest absolute Gasteiger partial charge is 0.307 e. The zero-order valence-corrected chi connectivity index (χ0v) is 17.5. The van der Waals surface area contributed by atoms with E-state index in [1.165, 1.54) is 17.5 Å². The summed E-state index contributed by atoms with van der Waals surface area (Å²) in [5.41, 5.74) is 7.77. The second kappa shape index (κ2) is 7.33. The molecule has 4 rings (SSSR count). The van der Waals surface area contributed by atoms with Crippen molar-refractivity contribution in [2.24, 2.45) is 5.41 Å². The molecule has 1 fully saturated rings. The van der Waals surface area contributed by atoms with Gasteiger partial charge in [-0.15, -0.1) is 0 Å². The van der Waals surface area contributed by atoms with Crippen LogP contribution in [0.3, 0.4) is 0 Å². The molecule has 1 amide bonds. The molecule has 2 aromatic rings. The lowest BCUT2D eigenvalue weighted by atomic mass is 9.66. The third kappa shape index (κ3) is 3.35. The molecule has 1 heterocycles. The van der Waals surface area contributed by atoms with Crippen LogP contribution in [0.4, 0.5) is 5.69 Å². The van der Waals surface area contributed by atoms with E-state index in [1.54, 1.807) is 0 Å². The van der Waals surface area contributed by atoms with Crippen molar-refractivity contribution in [3.63, 3.8) is 0 Å². The summed E-state index contributed by atoms with van der Waals surface area (Å²) in [5, 5.41) is 12.8. The molecule has 2 N–H and O–H groups in total. The van der Waals surface area contributed by atoms with Crippen LogP contribution in [-0.4, -0.2) is 17.0 Å². The first-order valence-electron chi connectivity index (χ1n) is 10.6. The van der Waals surface area contributed by atoms with Gasteiger partial charge in [0.1, 0.15) is 0 Å². The molecule has 29 heavy (non-hydrogen) atoms. The van der Waals surface area contributed by atoms with Crippen molar-refractivity contribution in [2.75, 3.05) is 5.32 Å². The van der Waals surface area contributed by atoms with Gasteiger partial charge in [0.15, 0.2) is 0 Å². The van der Waals surface area contributed by atoms with Crippen molar-refractivity contribution >= 4 is 17.6 Å². The molecule has 2 aromatic carbocycles. The number of carboxylic acid groups (broad SMARTS) is 1. The summed E-state index contributed by atoms with van der Waals surface area (Å²) in [6.07, 6.45) is 5.98. The molecule has 1 aliphatic heterocycles. The number of fused-ring (bicyclic) bond motifs is 1. The maximum atomic E-state index is 13.1. The number of carboxylic acids is 1. The van der Waals surface area contributed by atoms with Crippen LogP contribution in [0.15, 0.2) is 24.3 Å². The lowest BCUT2D eigenvalue weighted by Gasteiger charge is -2.41. The van der Waals surface area contributed by atoms with E-state index in [4.69, 9.17) is 0 Å². The second-order valence-corrected chi connectivity index (χ2v) is 8.87. The minimum Gasteiger partial charge on any atom is -0.481 e. The first-order chi connectivity index (χ1) is 13.8. The van der Waals surface area contributed by atoms with Gasteiger partial charge in [0.05, 0.1) is 11.8 Å². The zero-order valence-electron chi connectivity index (χ0n) is 17.5. The van der Waals surface area contributed by atoms with E-state index in [9.17, 15) is 14.7 Å². The Balaban J connectivity index is 1.93. The first-order valence-corrected chi connectivity index (χ1v) is 10.6. The molecule has 0 radical (unpaired) electrons. The Morgan fingerprint density at radius 1 is 1.03 bits per heavy atom. The molecule has 0 aromatic heterocycles. The van der Waals surface area contributed by atoms with Crippen molar-refractivity contribution in [3.05, 3.63) is 52.1 Å². The van der Waals surface area contributed by atoms with E-state index in [0.717, 1.165) is 65.6 Å². The molecule has 1 spiro atoms. The topological polar surface area (TPSA) is 66.4 Å². The molecular weight excluding hydrogens is 362 g/mol. The number of hydrogen-bond acceptors (Lipinski definition) is 2. The fourth-order valence-corrected chi connectivity index (χ4v) is 5.30. The highest BCUT2D eigenvalue weighted by Gasteiger charge is 2.44. The number of amides is 1. The number of hydrogen-bond donors (Lipinski definition) is 2. The normalized spacial score (nSPS) is 17.7. The third-order valence-corrected chi connectivity index (χ3v) is 6.97. The molecule has 4 nitrogen and oxygen atoms in total. The number of aryl methyl sites for hydroxylation is 1. The van der Waals surface area contributed by atoms with Gasteiger partial charge in [-0.05, 0) is 73.4 Å². The monoisotopic (exact) mass is 391 g/mol. The van der Waals surface area contributed by atoms with E-state index in [0.29, 0.717) is 0 Å². The van der Waals surface area contributed by atoms with Crippen LogP contribution in [-0.2, 0) is 22.4 Å². The maximum Gasteiger partial charge on any atom is 0.307 e. The van der Waals surface area contributed by atoms with E-state index >= 15 is 0 Å². The molecule has 152 valence electrons. The quantitative estimate of drug-likeness (QED) is 0.741. The van der Waals surface area contributed by atoms with E-state index in [1.807, 2.05) is 6.92 Å². The van der Waals surface area contributed by atoms with Gasteiger partial charge in [-0.25, -0.2) is 0 Å². The Morgan fingerprint density at radius 2 is 1.69 bits per heavy atom.